The molecule has 0 atom stereocenters. The van der Waals surface area contributed by atoms with Crippen LogP contribution in [0, 0.1) is 17.8 Å². The summed E-state index contributed by atoms with van der Waals surface area (Å²) in [5.74, 6) is 5.61. The molecule has 160 valence electrons. The van der Waals surface area contributed by atoms with Crippen LogP contribution in [0.15, 0.2) is 51.8 Å². The molecule has 0 radical (unpaired) electrons. The molecule has 0 saturated heterocycles. The van der Waals surface area contributed by atoms with Crippen molar-refractivity contribution in [3.63, 3.8) is 0 Å². The quantitative estimate of drug-likeness (QED) is 0.615. The highest BCUT2D eigenvalue weighted by Crippen LogP contribution is 2.29. The van der Waals surface area contributed by atoms with Crippen LogP contribution < -0.4 is 14.4 Å². The van der Waals surface area contributed by atoms with E-state index in [1.165, 1.54) is 25.3 Å². The van der Waals surface area contributed by atoms with E-state index in [2.05, 4.69) is 16.6 Å². The summed E-state index contributed by atoms with van der Waals surface area (Å²) in [7, 11) is 0.932. The first-order chi connectivity index (χ1) is 14.8. The molecular weight excluding hydrogens is 416 g/mol. The van der Waals surface area contributed by atoms with Crippen molar-refractivity contribution in [3.05, 3.63) is 53.8 Å². The molecule has 1 aromatic heterocycles. The van der Waals surface area contributed by atoms with Crippen molar-refractivity contribution in [2.75, 3.05) is 26.1 Å². The van der Waals surface area contributed by atoms with E-state index in [1.807, 2.05) is 31.1 Å². The SMILES string of the molecule is COc1ccc(C#CC2CC2)cc1S(=O)(=O)NC(=O)c1cc2ccc(N(C)C)cc2o1. The number of hydrogen-bond acceptors (Lipinski definition) is 6. The minimum absolute atomic E-state index is 0.0990. The zero-order valence-electron chi connectivity index (χ0n) is 17.4. The number of carbonyl (C=O) groups is 1. The number of ether oxygens (including phenoxy) is 1. The maximum atomic E-state index is 12.9. The lowest BCUT2D eigenvalue weighted by Crippen LogP contribution is -2.30. The predicted molar refractivity (Wildman–Crippen MR) is 118 cm³/mol. The van der Waals surface area contributed by atoms with Crippen molar-refractivity contribution < 1.29 is 22.4 Å². The van der Waals surface area contributed by atoms with Gasteiger partial charge in [-0.3, -0.25) is 4.79 Å². The Morgan fingerprint density at radius 2 is 1.94 bits per heavy atom. The van der Waals surface area contributed by atoms with Crippen molar-refractivity contribution in [1.82, 2.24) is 4.72 Å². The van der Waals surface area contributed by atoms with E-state index in [4.69, 9.17) is 9.15 Å². The third kappa shape index (κ3) is 4.52. The minimum atomic E-state index is -4.22. The van der Waals surface area contributed by atoms with E-state index in [0.717, 1.165) is 18.5 Å². The molecule has 3 aromatic rings. The molecule has 0 aliphatic heterocycles. The molecule has 1 fully saturated rings. The zero-order chi connectivity index (χ0) is 22.2. The zero-order valence-corrected chi connectivity index (χ0v) is 18.2. The van der Waals surface area contributed by atoms with Gasteiger partial charge in [-0.05, 0) is 49.2 Å². The number of rotatable bonds is 5. The highest BCUT2D eigenvalue weighted by atomic mass is 32.2. The Morgan fingerprint density at radius 3 is 2.61 bits per heavy atom. The van der Waals surface area contributed by atoms with Crippen LogP contribution in [0.3, 0.4) is 0 Å². The Balaban J connectivity index is 1.62. The van der Waals surface area contributed by atoms with Crippen LogP contribution in [0.25, 0.3) is 11.0 Å². The second-order valence-electron chi connectivity index (χ2n) is 7.57. The second-order valence-corrected chi connectivity index (χ2v) is 9.22. The Kier molecular flexibility index (Phi) is 5.38. The van der Waals surface area contributed by atoms with Crippen LogP contribution in [0.4, 0.5) is 5.69 Å². The highest BCUT2D eigenvalue weighted by molar-refractivity contribution is 7.90. The molecule has 0 unspecified atom stereocenters. The fourth-order valence-electron chi connectivity index (χ4n) is 3.01. The summed E-state index contributed by atoms with van der Waals surface area (Å²) in [4.78, 5) is 14.4. The van der Waals surface area contributed by atoms with E-state index >= 15 is 0 Å². The van der Waals surface area contributed by atoms with Crippen molar-refractivity contribution >= 4 is 32.6 Å². The van der Waals surface area contributed by atoms with Gasteiger partial charge in [0, 0.05) is 42.7 Å². The molecule has 8 heteroatoms. The lowest BCUT2D eigenvalue weighted by molar-refractivity contribution is 0.0956. The fourth-order valence-corrected chi connectivity index (χ4v) is 4.17. The Morgan fingerprint density at radius 1 is 1.16 bits per heavy atom. The maximum Gasteiger partial charge on any atom is 0.300 e. The van der Waals surface area contributed by atoms with E-state index in [-0.39, 0.29) is 16.4 Å². The van der Waals surface area contributed by atoms with E-state index in [1.54, 1.807) is 12.1 Å². The lowest BCUT2D eigenvalue weighted by Gasteiger charge is -2.11. The van der Waals surface area contributed by atoms with Crippen molar-refractivity contribution in [1.29, 1.82) is 0 Å². The number of furan rings is 1. The third-order valence-corrected chi connectivity index (χ3v) is 6.27. The van der Waals surface area contributed by atoms with Crippen LogP contribution in [0.5, 0.6) is 5.75 Å². The van der Waals surface area contributed by atoms with Gasteiger partial charge in [0.05, 0.1) is 7.11 Å². The van der Waals surface area contributed by atoms with Gasteiger partial charge in [0.2, 0.25) is 0 Å². The highest BCUT2D eigenvalue weighted by Gasteiger charge is 2.25. The van der Waals surface area contributed by atoms with Gasteiger partial charge >= 0.3 is 5.91 Å². The fraction of sp³-hybridized carbons (Fsp3) is 0.261. The van der Waals surface area contributed by atoms with Gasteiger partial charge in [-0.2, -0.15) is 0 Å². The first-order valence-corrected chi connectivity index (χ1v) is 11.2. The Labute approximate surface area is 181 Å². The molecule has 1 aliphatic rings. The van der Waals surface area contributed by atoms with Crippen molar-refractivity contribution in [3.8, 4) is 17.6 Å². The molecule has 1 saturated carbocycles. The van der Waals surface area contributed by atoms with Crippen LogP contribution in [-0.4, -0.2) is 35.5 Å². The molecule has 1 heterocycles. The maximum absolute atomic E-state index is 12.9. The molecule has 1 N–H and O–H groups in total. The second kappa shape index (κ2) is 8.00. The number of benzene rings is 2. The lowest BCUT2D eigenvalue weighted by atomic mass is 10.2. The summed E-state index contributed by atoms with van der Waals surface area (Å²) in [6.07, 6.45) is 2.13. The average Bonchev–Trinajstić information content (AvgIpc) is 3.47. The standard InChI is InChI=1S/C23H22N2O5S/c1-25(2)18-10-9-17-13-21(30-20(17)14-18)23(26)24-31(27,28)22-12-16(7-6-15-4-5-15)8-11-19(22)29-3/h8-15H,4-5H2,1-3H3,(H,24,26). The largest absolute Gasteiger partial charge is 0.495 e. The summed E-state index contributed by atoms with van der Waals surface area (Å²) in [6.45, 7) is 0. The molecule has 4 rings (SSSR count). The van der Waals surface area contributed by atoms with Gasteiger partial charge in [-0.1, -0.05) is 11.8 Å². The van der Waals surface area contributed by atoms with Crippen LogP contribution in [0.2, 0.25) is 0 Å². The third-order valence-electron chi connectivity index (χ3n) is 4.92. The number of carbonyl (C=O) groups excluding carboxylic acids is 1. The first-order valence-electron chi connectivity index (χ1n) is 9.74. The molecule has 2 aromatic carbocycles. The van der Waals surface area contributed by atoms with Crippen LogP contribution in [-0.2, 0) is 10.0 Å². The van der Waals surface area contributed by atoms with E-state index < -0.39 is 15.9 Å². The number of nitrogens with zero attached hydrogens (tertiary/aromatic N) is 1. The number of amides is 1. The molecule has 1 aliphatic carbocycles. The van der Waals surface area contributed by atoms with Crippen molar-refractivity contribution in [2.24, 2.45) is 5.92 Å². The molecule has 0 bridgehead atoms. The van der Waals surface area contributed by atoms with Gasteiger partial charge in [0.25, 0.3) is 10.0 Å². The molecule has 31 heavy (non-hydrogen) atoms. The number of hydrogen-bond donors (Lipinski definition) is 1. The molecule has 7 nitrogen and oxygen atoms in total. The number of sulfonamides is 1. The topological polar surface area (TPSA) is 88.8 Å². The monoisotopic (exact) mass is 438 g/mol. The summed E-state index contributed by atoms with van der Waals surface area (Å²) in [5, 5.41) is 0.697. The Bertz CT molecular complexity index is 1320. The normalized spacial score (nSPS) is 13.4. The minimum Gasteiger partial charge on any atom is -0.495 e. The number of fused-ring (bicyclic) bond motifs is 1. The van der Waals surface area contributed by atoms with Crippen LogP contribution >= 0.6 is 0 Å². The summed E-state index contributed by atoms with van der Waals surface area (Å²) < 4.78 is 38.8. The van der Waals surface area contributed by atoms with Crippen molar-refractivity contribution in [2.45, 2.75) is 17.7 Å². The smallest absolute Gasteiger partial charge is 0.300 e. The summed E-state index contributed by atoms with van der Waals surface area (Å²) in [5.41, 5.74) is 1.93. The van der Waals surface area contributed by atoms with Gasteiger partial charge in [-0.25, -0.2) is 13.1 Å². The van der Waals surface area contributed by atoms with Crippen LogP contribution in [0.1, 0.15) is 29.0 Å². The number of anilines is 1. The van der Waals surface area contributed by atoms with E-state index in [0.29, 0.717) is 22.5 Å². The Hall–Kier alpha value is -3.44. The molecule has 1 amide bonds. The summed E-state index contributed by atoms with van der Waals surface area (Å²) >= 11 is 0. The van der Waals surface area contributed by atoms with Gasteiger partial charge < -0.3 is 14.1 Å². The van der Waals surface area contributed by atoms with E-state index in [9.17, 15) is 13.2 Å². The summed E-state index contributed by atoms with van der Waals surface area (Å²) in [6, 6.07) is 11.6. The first kappa shape index (κ1) is 20.8. The molecule has 0 spiro atoms. The van der Waals surface area contributed by atoms with Gasteiger partial charge in [0.1, 0.15) is 16.2 Å². The molecular formula is C23H22N2O5S. The van der Waals surface area contributed by atoms with Gasteiger partial charge in [0.15, 0.2) is 5.76 Å². The van der Waals surface area contributed by atoms with Gasteiger partial charge in [-0.15, -0.1) is 0 Å². The number of nitrogens with one attached hydrogen (secondary N) is 1. The average molecular weight is 439 g/mol. The number of methoxy groups -OCH3 is 1. The predicted octanol–water partition coefficient (Wildman–Crippen LogP) is 3.39.